The number of aromatic nitrogens is 1. The molecule has 1 amide bonds. The summed E-state index contributed by atoms with van der Waals surface area (Å²) in [6.07, 6.45) is 1.16. The predicted octanol–water partition coefficient (Wildman–Crippen LogP) is 1.69. The molecular weight excluding hydrogens is 238 g/mol. The summed E-state index contributed by atoms with van der Waals surface area (Å²) in [5.74, 6) is 5.61. The van der Waals surface area contributed by atoms with E-state index in [1.54, 1.807) is 0 Å². The van der Waals surface area contributed by atoms with Crippen LogP contribution in [-0.2, 0) is 4.79 Å². The molecule has 0 saturated carbocycles. The van der Waals surface area contributed by atoms with E-state index in [9.17, 15) is 4.79 Å². The number of amides is 1. The van der Waals surface area contributed by atoms with E-state index in [4.69, 9.17) is 10.3 Å². The fourth-order valence-corrected chi connectivity index (χ4v) is 2.15. The number of hydrazine groups is 1. The molecule has 0 atom stereocenters. The normalized spacial score (nSPS) is 10.6. The first-order valence-electron chi connectivity index (χ1n) is 5.27. The quantitative estimate of drug-likeness (QED) is 0.278. The molecule has 0 aliphatic heterocycles. The maximum absolute atomic E-state index is 10.9. The molecule has 0 unspecified atom stereocenters. The lowest BCUT2D eigenvalue weighted by molar-refractivity contribution is -0.121. The highest BCUT2D eigenvalue weighted by Gasteiger charge is 2.05. The number of hydrogen-bond acceptors (Lipinski definition) is 5. The molecule has 90 valence electrons. The van der Waals surface area contributed by atoms with Crippen molar-refractivity contribution in [3.63, 3.8) is 0 Å². The second-order valence-electron chi connectivity index (χ2n) is 3.47. The van der Waals surface area contributed by atoms with Gasteiger partial charge in [-0.2, -0.15) is 0 Å². The third-order valence-corrected chi connectivity index (χ3v) is 3.12. The van der Waals surface area contributed by atoms with Gasteiger partial charge in [0, 0.05) is 12.2 Å². The van der Waals surface area contributed by atoms with Gasteiger partial charge in [-0.05, 0) is 18.6 Å². The molecule has 3 N–H and O–H groups in total. The number of thioether (sulfide) groups is 1. The van der Waals surface area contributed by atoms with E-state index >= 15 is 0 Å². The van der Waals surface area contributed by atoms with Crippen LogP contribution in [0.5, 0.6) is 0 Å². The Balaban J connectivity index is 1.85. The van der Waals surface area contributed by atoms with Gasteiger partial charge in [0.05, 0.1) is 0 Å². The van der Waals surface area contributed by atoms with Crippen LogP contribution in [0.4, 0.5) is 0 Å². The topological polar surface area (TPSA) is 81.1 Å². The first-order valence-corrected chi connectivity index (χ1v) is 6.26. The summed E-state index contributed by atoms with van der Waals surface area (Å²) >= 11 is 1.50. The van der Waals surface area contributed by atoms with E-state index in [1.165, 1.54) is 11.8 Å². The Morgan fingerprint density at radius 3 is 3.06 bits per heavy atom. The second kappa shape index (κ2) is 5.70. The largest absolute Gasteiger partial charge is 0.431 e. The molecule has 0 aliphatic carbocycles. The third kappa shape index (κ3) is 3.21. The van der Waals surface area contributed by atoms with Gasteiger partial charge >= 0.3 is 0 Å². The molecule has 0 bridgehead atoms. The predicted molar refractivity (Wildman–Crippen MR) is 66.3 cm³/mol. The van der Waals surface area contributed by atoms with Crippen molar-refractivity contribution in [1.29, 1.82) is 0 Å². The van der Waals surface area contributed by atoms with Crippen LogP contribution >= 0.6 is 11.8 Å². The monoisotopic (exact) mass is 251 g/mol. The smallest absolute Gasteiger partial charge is 0.256 e. The number of fused-ring (bicyclic) bond motifs is 1. The third-order valence-electron chi connectivity index (χ3n) is 2.21. The summed E-state index contributed by atoms with van der Waals surface area (Å²) < 4.78 is 5.53. The van der Waals surface area contributed by atoms with Crippen molar-refractivity contribution in [2.75, 3.05) is 5.75 Å². The fraction of sp³-hybridized carbons (Fsp3) is 0.273. The van der Waals surface area contributed by atoms with Crippen molar-refractivity contribution >= 4 is 28.8 Å². The van der Waals surface area contributed by atoms with E-state index in [0.29, 0.717) is 11.6 Å². The minimum atomic E-state index is -0.150. The maximum Gasteiger partial charge on any atom is 0.256 e. The number of hydrogen-bond donors (Lipinski definition) is 2. The molecule has 1 heterocycles. The highest BCUT2D eigenvalue weighted by atomic mass is 32.2. The zero-order valence-corrected chi connectivity index (χ0v) is 10.00. The van der Waals surface area contributed by atoms with E-state index in [0.717, 1.165) is 23.3 Å². The van der Waals surface area contributed by atoms with Crippen LogP contribution in [0.25, 0.3) is 11.1 Å². The summed E-state index contributed by atoms with van der Waals surface area (Å²) in [5, 5.41) is 0.638. The zero-order valence-electron chi connectivity index (χ0n) is 9.18. The standard InChI is InChI=1S/C11H13N3O2S/c12-14-10(15)6-3-7-17-11-13-8-4-1-2-5-9(8)16-11/h1-2,4-5H,3,6-7,12H2,(H,14,15). The highest BCUT2D eigenvalue weighted by molar-refractivity contribution is 7.99. The van der Waals surface area contributed by atoms with E-state index < -0.39 is 0 Å². The number of carbonyl (C=O) groups is 1. The van der Waals surface area contributed by atoms with Gasteiger partial charge in [0.1, 0.15) is 5.52 Å². The number of nitrogens with one attached hydrogen (secondary N) is 1. The molecule has 6 heteroatoms. The first kappa shape index (κ1) is 11.9. The molecule has 1 aromatic carbocycles. The number of carbonyl (C=O) groups excluding carboxylic acids is 1. The van der Waals surface area contributed by atoms with E-state index in [1.807, 2.05) is 24.3 Å². The second-order valence-corrected chi connectivity index (χ2v) is 4.51. The fourth-order valence-electron chi connectivity index (χ4n) is 1.38. The highest BCUT2D eigenvalue weighted by Crippen LogP contribution is 2.23. The number of oxazole rings is 1. The van der Waals surface area contributed by atoms with Crippen LogP contribution in [0.15, 0.2) is 33.9 Å². The Hall–Kier alpha value is -1.53. The van der Waals surface area contributed by atoms with Crippen molar-refractivity contribution in [2.45, 2.75) is 18.1 Å². The summed E-state index contributed by atoms with van der Waals surface area (Å²) in [6, 6.07) is 7.62. The molecule has 0 aliphatic rings. The first-order chi connectivity index (χ1) is 8.29. The summed E-state index contributed by atoms with van der Waals surface area (Å²) in [6.45, 7) is 0. The summed E-state index contributed by atoms with van der Waals surface area (Å²) in [5.41, 5.74) is 3.74. The maximum atomic E-state index is 10.9. The SMILES string of the molecule is NNC(=O)CCCSc1nc2ccccc2o1. The Morgan fingerprint density at radius 2 is 2.29 bits per heavy atom. The number of benzene rings is 1. The van der Waals surface area contributed by atoms with Crippen LogP contribution in [0.3, 0.4) is 0 Å². The molecule has 2 rings (SSSR count). The van der Waals surface area contributed by atoms with Crippen molar-refractivity contribution in [3.8, 4) is 0 Å². The number of nitrogens with two attached hydrogens (primary N) is 1. The molecule has 0 radical (unpaired) electrons. The lowest BCUT2D eigenvalue weighted by Gasteiger charge is -1.97. The average molecular weight is 251 g/mol. The Labute approximate surface area is 103 Å². The minimum absolute atomic E-state index is 0.150. The van der Waals surface area contributed by atoms with Gasteiger partial charge in [0.25, 0.3) is 5.22 Å². The van der Waals surface area contributed by atoms with Crippen LogP contribution in [-0.4, -0.2) is 16.6 Å². The Morgan fingerprint density at radius 1 is 1.47 bits per heavy atom. The number of nitrogens with zero attached hydrogens (tertiary/aromatic N) is 1. The van der Waals surface area contributed by atoms with Crippen LogP contribution in [0.2, 0.25) is 0 Å². The molecule has 17 heavy (non-hydrogen) atoms. The van der Waals surface area contributed by atoms with Gasteiger partial charge < -0.3 is 4.42 Å². The molecule has 1 aromatic heterocycles. The summed E-state index contributed by atoms with van der Waals surface area (Å²) in [7, 11) is 0. The summed E-state index contributed by atoms with van der Waals surface area (Å²) in [4.78, 5) is 15.2. The lowest BCUT2D eigenvalue weighted by Crippen LogP contribution is -2.29. The van der Waals surface area contributed by atoms with Crippen LogP contribution in [0.1, 0.15) is 12.8 Å². The van der Waals surface area contributed by atoms with Gasteiger partial charge in [-0.25, -0.2) is 10.8 Å². The van der Waals surface area contributed by atoms with Crippen molar-refractivity contribution in [1.82, 2.24) is 10.4 Å². The molecule has 5 nitrogen and oxygen atoms in total. The van der Waals surface area contributed by atoms with Crippen LogP contribution in [0, 0.1) is 0 Å². The van der Waals surface area contributed by atoms with Gasteiger partial charge in [-0.3, -0.25) is 10.2 Å². The van der Waals surface area contributed by atoms with Crippen molar-refractivity contribution in [3.05, 3.63) is 24.3 Å². The van der Waals surface area contributed by atoms with Gasteiger partial charge in [0.15, 0.2) is 5.58 Å². The van der Waals surface area contributed by atoms with E-state index in [2.05, 4.69) is 10.4 Å². The average Bonchev–Trinajstić information content (AvgIpc) is 2.76. The van der Waals surface area contributed by atoms with E-state index in [-0.39, 0.29) is 5.91 Å². The number of rotatable bonds is 5. The molecule has 2 aromatic rings. The molecule has 0 spiro atoms. The Bertz CT molecular complexity index is 479. The lowest BCUT2D eigenvalue weighted by atomic mass is 10.3. The van der Waals surface area contributed by atoms with Gasteiger partial charge in [0.2, 0.25) is 5.91 Å². The molecule has 0 fully saturated rings. The molecular formula is C11H13N3O2S. The Kier molecular flexibility index (Phi) is 4.00. The van der Waals surface area contributed by atoms with Crippen molar-refractivity contribution in [2.24, 2.45) is 5.84 Å². The van der Waals surface area contributed by atoms with Gasteiger partial charge in [-0.15, -0.1) is 0 Å². The minimum Gasteiger partial charge on any atom is -0.431 e. The molecule has 0 saturated heterocycles. The number of para-hydroxylation sites is 2. The van der Waals surface area contributed by atoms with Crippen molar-refractivity contribution < 1.29 is 9.21 Å². The van der Waals surface area contributed by atoms with Crippen LogP contribution < -0.4 is 11.3 Å². The zero-order chi connectivity index (χ0) is 12.1. The van der Waals surface area contributed by atoms with Gasteiger partial charge in [-0.1, -0.05) is 23.9 Å².